The maximum atomic E-state index is 4.82. The fraction of sp³-hybridized carbons (Fsp3) is 0.688. The Morgan fingerprint density at radius 3 is 3.00 bits per heavy atom. The molecule has 1 atom stereocenters. The molecule has 0 spiro atoms. The molecule has 19 heavy (non-hydrogen) atoms. The molecule has 1 aliphatic rings. The summed E-state index contributed by atoms with van der Waals surface area (Å²) in [6, 6.07) is 7.07. The van der Waals surface area contributed by atoms with Gasteiger partial charge in [0.1, 0.15) is 5.82 Å². The van der Waals surface area contributed by atoms with Crippen LogP contribution in [0.15, 0.2) is 18.2 Å². The third kappa shape index (κ3) is 3.69. The molecule has 1 unspecified atom stereocenters. The van der Waals surface area contributed by atoms with Gasteiger partial charge in [0, 0.05) is 19.1 Å². The average Bonchev–Trinajstić information content (AvgIpc) is 2.89. The summed E-state index contributed by atoms with van der Waals surface area (Å²) in [5.74, 6) is 1.86. The van der Waals surface area contributed by atoms with Crippen LogP contribution in [0.4, 0.5) is 5.82 Å². The van der Waals surface area contributed by atoms with E-state index < -0.39 is 0 Å². The van der Waals surface area contributed by atoms with Gasteiger partial charge in [-0.15, -0.1) is 0 Å². The van der Waals surface area contributed by atoms with Crippen LogP contribution in [0, 0.1) is 5.92 Å². The lowest BCUT2D eigenvalue weighted by molar-refractivity contribution is 0.489. The first-order valence-corrected chi connectivity index (χ1v) is 7.65. The summed E-state index contributed by atoms with van der Waals surface area (Å²) in [5.41, 5.74) is 1.15. The van der Waals surface area contributed by atoms with E-state index in [1.165, 1.54) is 19.3 Å². The van der Waals surface area contributed by atoms with Crippen LogP contribution in [0.2, 0.25) is 0 Å². The Balaban J connectivity index is 2.05. The molecule has 2 rings (SSSR count). The van der Waals surface area contributed by atoms with Crippen LogP contribution >= 0.6 is 0 Å². The van der Waals surface area contributed by atoms with E-state index in [2.05, 4.69) is 49.2 Å². The van der Waals surface area contributed by atoms with Crippen LogP contribution in [0.25, 0.3) is 0 Å². The molecular formula is C16H27N3. The van der Waals surface area contributed by atoms with Gasteiger partial charge in [-0.1, -0.05) is 26.8 Å². The van der Waals surface area contributed by atoms with E-state index in [4.69, 9.17) is 4.98 Å². The molecule has 0 radical (unpaired) electrons. The van der Waals surface area contributed by atoms with Gasteiger partial charge in [0.25, 0.3) is 0 Å². The second kappa shape index (κ2) is 6.90. The van der Waals surface area contributed by atoms with Crippen LogP contribution in [-0.4, -0.2) is 24.1 Å². The first kappa shape index (κ1) is 14.3. The Morgan fingerprint density at radius 1 is 1.42 bits per heavy atom. The van der Waals surface area contributed by atoms with Crippen molar-refractivity contribution in [2.24, 2.45) is 5.92 Å². The lowest BCUT2D eigenvalue weighted by Gasteiger charge is -2.29. The molecule has 1 N–H and O–H groups in total. The number of hydrogen-bond donors (Lipinski definition) is 1. The summed E-state index contributed by atoms with van der Waals surface area (Å²) in [5, 5.41) is 3.42. The van der Waals surface area contributed by atoms with Gasteiger partial charge in [0.2, 0.25) is 0 Å². The zero-order valence-corrected chi connectivity index (χ0v) is 12.5. The van der Waals surface area contributed by atoms with E-state index >= 15 is 0 Å². The van der Waals surface area contributed by atoms with Gasteiger partial charge in [-0.25, -0.2) is 4.98 Å². The van der Waals surface area contributed by atoms with E-state index in [0.29, 0.717) is 12.0 Å². The molecule has 0 saturated carbocycles. The predicted octanol–water partition coefficient (Wildman–Crippen LogP) is 3.21. The second-order valence-electron chi connectivity index (χ2n) is 5.81. The highest BCUT2D eigenvalue weighted by molar-refractivity contribution is 5.42. The molecule has 3 nitrogen and oxygen atoms in total. The summed E-state index contributed by atoms with van der Waals surface area (Å²) in [7, 11) is 0. The van der Waals surface area contributed by atoms with Crippen molar-refractivity contribution in [3.05, 3.63) is 23.9 Å². The molecular weight excluding hydrogens is 234 g/mol. The van der Waals surface area contributed by atoms with Gasteiger partial charge in [-0.05, 0) is 43.9 Å². The molecule has 1 aliphatic heterocycles. The summed E-state index contributed by atoms with van der Waals surface area (Å²) in [6.45, 7) is 9.91. The maximum absolute atomic E-state index is 4.82. The van der Waals surface area contributed by atoms with Crippen LogP contribution in [-0.2, 0) is 6.54 Å². The first-order valence-electron chi connectivity index (χ1n) is 7.65. The molecule has 0 aliphatic carbocycles. The van der Waals surface area contributed by atoms with E-state index in [1.807, 2.05) is 0 Å². The Hall–Kier alpha value is -1.09. The zero-order valence-electron chi connectivity index (χ0n) is 12.5. The molecule has 1 fully saturated rings. The lowest BCUT2D eigenvalue weighted by atomic mass is 10.0. The highest BCUT2D eigenvalue weighted by Gasteiger charge is 2.27. The Bertz CT molecular complexity index is 389. The van der Waals surface area contributed by atoms with Crippen molar-refractivity contribution in [2.45, 2.75) is 52.6 Å². The zero-order chi connectivity index (χ0) is 13.7. The molecule has 106 valence electrons. The summed E-state index contributed by atoms with van der Waals surface area (Å²) in [4.78, 5) is 7.32. The summed E-state index contributed by atoms with van der Waals surface area (Å²) < 4.78 is 0. The van der Waals surface area contributed by atoms with Crippen molar-refractivity contribution in [1.29, 1.82) is 0 Å². The molecule has 0 amide bonds. The molecule has 1 aromatic heterocycles. The minimum atomic E-state index is 0.659. The molecule has 3 heteroatoms. The molecule has 2 heterocycles. The largest absolute Gasteiger partial charge is 0.353 e. The normalized spacial score (nSPS) is 19.4. The maximum Gasteiger partial charge on any atom is 0.129 e. The topological polar surface area (TPSA) is 28.2 Å². The molecule has 1 saturated heterocycles. The molecule has 0 aromatic carbocycles. The predicted molar refractivity (Wildman–Crippen MR) is 81.4 cm³/mol. The number of anilines is 1. The van der Waals surface area contributed by atoms with Gasteiger partial charge in [-0.3, -0.25) is 0 Å². The van der Waals surface area contributed by atoms with E-state index in [-0.39, 0.29) is 0 Å². The lowest BCUT2D eigenvalue weighted by Crippen LogP contribution is -2.34. The Kier molecular flexibility index (Phi) is 5.20. The van der Waals surface area contributed by atoms with Crippen LogP contribution in [0.3, 0.4) is 0 Å². The second-order valence-corrected chi connectivity index (χ2v) is 5.81. The standard InChI is InChI=1S/C16H27N3/c1-4-10-17-12-14-7-5-9-16(18-14)19-11-6-8-15(19)13(2)3/h5,7,9,13,15,17H,4,6,8,10-12H2,1-3H3. The number of pyridine rings is 1. The smallest absolute Gasteiger partial charge is 0.129 e. The number of aromatic nitrogens is 1. The SMILES string of the molecule is CCCNCc1cccc(N2CCCC2C(C)C)n1. The highest BCUT2D eigenvalue weighted by Crippen LogP contribution is 2.28. The van der Waals surface area contributed by atoms with Gasteiger partial charge in [0.05, 0.1) is 5.69 Å². The van der Waals surface area contributed by atoms with Crippen LogP contribution in [0.1, 0.15) is 45.7 Å². The number of rotatable bonds is 6. The summed E-state index contributed by atoms with van der Waals surface area (Å²) >= 11 is 0. The van der Waals surface area contributed by atoms with Gasteiger partial charge >= 0.3 is 0 Å². The number of hydrogen-bond acceptors (Lipinski definition) is 3. The van der Waals surface area contributed by atoms with Crippen molar-refractivity contribution < 1.29 is 0 Å². The minimum Gasteiger partial charge on any atom is -0.353 e. The minimum absolute atomic E-state index is 0.659. The number of nitrogens with one attached hydrogen (secondary N) is 1. The van der Waals surface area contributed by atoms with Gasteiger partial charge in [0.15, 0.2) is 0 Å². The Labute approximate surface area is 117 Å². The average molecular weight is 261 g/mol. The van der Waals surface area contributed by atoms with Crippen molar-refractivity contribution in [3.63, 3.8) is 0 Å². The van der Waals surface area contributed by atoms with Crippen LogP contribution < -0.4 is 10.2 Å². The van der Waals surface area contributed by atoms with Crippen molar-refractivity contribution in [1.82, 2.24) is 10.3 Å². The van der Waals surface area contributed by atoms with E-state index in [9.17, 15) is 0 Å². The van der Waals surface area contributed by atoms with Crippen molar-refractivity contribution >= 4 is 5.82 Å². The monoisotopic (exact) mass is 261 g/mol. The quantitative estimate of drug-likeness (QED) is 0.797. The third-order valence-electron chi connectivity index (χ3n) is 3.89. The van der Waals surface area contributed by atoms with E-state index in [1.54, 1.807) is 0 Å². The fourth-order valence-electron chi connectivity index (χ4n) is 2.89. The summed E-state index contributed by atoms with van der Waals surface area (Å²) in [6.07, 6.45) is 3.77. The van der Waals surface area contributed by atoms with Crippen molar-refractivity contribution in [3.8, 4) is 0 Å². The Morgan fingerprint density at radius 2 is 2.26 bits per heavy atom. The van der Waals surface area contributed by atoms with E-state index in [0.717, 1.165) is 31.1 Å². The number of nitrogens with zero attached hydrogens (tertiary/aromatic N) is 2. The van der Waals surface area contributed by atoms with Gasteiger partial charge in [-0.2, -0.15) is 0 Å². The molecule has 1 aromatic rings. The van der Waals surface area contributed by atoms with Gasteiger partial charge < -0.3 is 10.2 Å². The fourth-order valence-corrected chi connectivity index (χ4v) is 2.89. The third-order valence-corrected chi connectivity index (χ3v) is 3.89. The molecule has 0 bridgehead atoms. The van der Waals surface area contributed by atoms with Crippen molar-refractivity contribution in [2.75, 3.05) is 18.0 Å². The van der Waals surface area contributed by atoms with Crippen LogP contribution in [0.5, 0.6) is 0 Å². The first-order chi connectivity index (χ1) is 9.22. The highest BCUT2D eigenvalue weighted by atomic mass is 15.2.